The van der Waals surface area contributed by atoms with Gasteiger partial charge in [0, 0.05) is 6.26 Å². The third-order valence-corrected chi connectivity index (χ3v) is 4.49. The van der Waals surface area contributed by atoms with Crippen LogP contribution in [-0.2, 0) is 16.0 Å². The molecular weight excluding hydrogens is 376 g/mol. The standard InChI is InChI=1S/C14H9Cl2F3O3S/c1-23(20,21)10-4-2-9(3-5-10)22-13-11(15)6-8(7-12(13)16)14(17,18)19/h2-7H,1H3. The number of rotatable bonds is 3. The fraction of sp³-hybridized carbons (Fsp3) is 0.143. The van der Waals surface area contributed by atoms with Crippen LogP contribution in [0.25, 0.3) is 0 Å². The SMILES string of the molecule is CS(=O)(=O)c1ccc(Oc2c(Cl)cc(C(F)(F)F)cc2Cl)cc1. The Labute approximate surface area is 140 Å². The highest BCUT2D eigenvalue weighted by Gasteiger charge is 2.32. The number of benzene rings is 2. The summed E-state index contributed by atoms with van der Waals surface area (Å²) in [6.45, 7) is 0. The molecule has 0 amide bonds. The monoisotopic (exact) mass is 384 g/mol. The van der Waals surface area contributed by atoms with Gasteiger partial charge in [-0.05, 0) is 36.4 Å². The van der Waals surface area contributed by atoms with Crippen molar-refractivity contribution in [2.45, 2.75) is 11.1 Å². The van der Waals surface area contributed by atoms with E-state index in [2.05, 4.69) is 0 Å². The van der Waals surface area contributed by atoms with Crippen molar-refractivity contribution in [3.63, 3.8) is 0 Å². The summed E-state index contributed by atoms with van der Waals surface area (Å²) in [6, 6.07) is 6.70. The fourth-order valence-electron chi connectivity index (χ4n) is 1.69. The van der Waals surface area contributed by atoms with Crippen molar-refractivity contribution in [1.82, 2.24) is 0 Å². The van der Waals surface area contributed by atoms with Crippen LogP contribution in [0.4, 0.5) is 13.2 Å². The van der Waals surface area contributed by atoms with Crippen molar-refractivity contribution in [3.05, 3.63) is 52.0 Å². The normalized spacial score (nSPS) is 12.3. The van der Waals surface area contributed by atoms with Crippen molar-refractivity contribution in [2.75, 3.05) is 6.26 Å². The van der Waals surface area contributed by atoms with E-state index in [9.17, 15) is 21.6 Å². The average molecular weight is 385 g/mol. The predicted octanol–water partition coefficient (Wildman–Crippen LogP) is 5.21. The summed E-state index contributed by atoms with van der Waals surface area (Å²) in [5, 5.41) is -0.617. The van der Waals surface area contributed by atoms with E-state index in [0.717, 1.165) is 6.26 Å². The summed E-state index contributed by atoms with van der Waals surface area (Å²) < 4.78 is 66.0. The molecule has 0 N–H and O–H groups in total. The van der Waals surface area contributed by atoms with Gasteiger partial charge in [-0.1, -0.05) is 23.2 Å². The van der Waals surface area contributed by atoms with Gasteiger partial charge in [0.1, 0.15) is 5.75 Å². The molecule has 23 heavy (non-hydrogen) atoms. The van der Waals surface area contributed by atoms with Crippen LogP contribution in [0.2, 0.25) is 10.0 Å². The van der Waals surface area contributed by atoms with Crippen LogP contribution in [0.1, 0.15) is 5.56 Å². The second kappa shape index (κ2) is 6.22. The Bertz CT molecular complexity index is 808. The minimum absolute atomic E-state index is 0.0782. The predicted molar refractivity (Wildman–Crippen MR) is 81.1 cm³/mol. The van der Waals surface area contributed by atoms with Crippen molar-refractivity contribution in [1.29, 1.82) is 0 Å². The van der Waals surface area contributed by atoms with Crippen LogP contribution in [-0.4, -0.2) is 14.7 Å². The smallest absolute Gasteiger partial charge is 0.416 e. The van der Waals surface area contributed by atoms with E-state index in [-0.39, 0.29) is 26.4 Å². The molecule has 9 heteroatoms. The van der Waals surface area contributed by atoms with Gasteiger partial charge in [0.25, 0.3) is 0 Å². The molecule has 2 rings (SSSR count). The Morgan fingerprint density at radius 2 is 1.48 bits per heavy atom. The fourth-order valence-corrected chi connectivity index (χ4v) is 2.89. The summed E-state index contributed by atoms with van der Waals surface area (Å²) in [5.74, 6) is 0.0365. The van der Waals surface area contributed by atoms with Crippen LogP contribution < -0.4 is 4.74 Å². The molecule has 124 valence electrons. The van der Waals surface area contributed by atoms with Crippen molar-refractivity contribution >= 4 is 33.0 Å². The quantitative estimate of drug-likeness (QED) is 0.729. The number of halogens is 5. The molecule has 0 unspecified atom stereocenters. The van der Waals surface area contributed by atoms with Gasteiger partial charge in [-0.2, -0.15) is 13.2 Å². The Morgan fingerprint density at radius 3 is 1.87 bits per heavy atom. The lowest BCUT2D eigenvalue weighted by atomic mass is 10.2. The molecule has 0 aliphatic rings. The van der Waals surface area contributed by atoms with E-state index in [4.69, 9.17) is 27.9 Å². The first kappa shape index (κ1) is 17.9. The van der Waals surface area contributed by atoms with Crippen LogP contribution in [0.5, 0.6) is 11.5 Å². The lowest BCUT2D eigenvalue weighted by Gasteiger charge is -2.13. The summed E-state index contributed by atoms with van der Waals surface area (Å²) >= 11 is 11.6. The molecule has 0 aliphatic carbocycles. The summed E-state index contributed by atoms with van der Waals surface area (Å²) in [4.78, 5) is 0.0782. The van der Waals surface area contributed by atoms with Gasteiger partial charge in [0.05, 0.1) is 20.5 Å². The molecule has 0 fully saturated rings. The molecule has 0 saturated heterocycles. The zero-order valence-corrected chi connectivity index (χ0v) is 13.8. The van der Waals surface area contributed by atoms with Gasteiger partial charge in [0.2, 0.25) is 0 Å². The highest BCUT2D eigenvalue weighted by molar-refractivity contribution is 7.90. The molecule has 2 aromatic rings. The molecule has 0 heterocycles. The maximum absolute atomic E-state index is 12.6. The molecule has 0 aliphatic heterocycles. The Hall–Kier alpha value is -1.44. The number of hydrogen-bond acceptors (Lipinski definition) is 3. The third kappa shape index (κ3) is 4.31. The van der Waals surface area contributed by atoms with E-state index in [1.54, 1.807) is 0 Å². The van der Waals surface area contributed by atoms with E-state index in [1.807, 2.05) is 0 Å². The summed E-state index contributed by atoms with van der Waals surface area (Å²) in [5.41, 5.74) is -0.993. The van der Waals surface area contributed by atoms with Crippen LogP contribution in [0.3, 0.4) is 0 Å². The first-order chi connectivity index (χ1) is 10.5. The minimum Gasteiger partial charge on any atom is -0.454 e. The average Bonchev–Trinajstić information content (AvgIpc) is 2.41. The van der Waals surface area contributed by atoms with Gasteiger partial charge < -0.3 is 4.74 Å². The zero-order chi connectivity index (χ0) is 17.4. The molecule has 0 atom stereocenters. The van der Waals surface area contributed by atoms with Crippen molar-refractivity contribution < 1.29 is 26.3 Å². The van der Waals surface area contributed by atoms with E-state index < -0.39 is 21.6 Å². The van der Waals surface area contributed by atoms with Gasteiger partial charge in [0.15, 0.2) is 15.6 Å². The summed E-state index contributed by atoms with van der Waals surface area (Å²) in [7, 11) is -3.36. The van der Waals surface area contributed by atoms with Gasteiger partial charge >= 0.3 is 6.18 Å². The van der Waals surface area contributed by atoms with Crippen LogP contribution in [0, 0.1) is 0 Å². The van der Waals surface area contributed by atoms with E-state index in [1.165, 1.54) is 24.3 Å². The maximum atomic E-state index is 12.6. The van der Waals surface area contributed by atoms with E-state index >= 15 is 0 Å². The molecule has 0 bridgehead atoms. The molecule has 2 aromatic carbocycles. The van der Waals surface area contributed by atoms with Crippen molar-refractivity contribution in [2.24, 2.45) is 0 Å². The molecule has 3 nitrogen and oxygen atoms in total. The Balaban J connectivity index is 2.34. The third-order valence-electron chi connectivity index (χ3n) is 2.80. The number of ether oxygens (including phenoxy) is 1. The first-order valence-corrected chi connectivity index (χ1v) is 8.67. The Morgan fingerprint density at radius 1 is 1.00 bits per heavy atom. The lowest BCUT2D eigenvalue weighted by molar-refractivity contribution is -0.137. The maximum Gasteiger partial charge on any atom is 0.416 e. The van der Waals surface area contributed by atoms with Gasteiger partial charge in [-0.3, -0.25) is 0 Å². The second-order valence-corrected chi connectivity index (χ2v) is 7.44. The zero-order valence-electron chi connectivity index (χ0n) is 11.5. The molecule has 0 spiro atoms. The number of sulfone groups is 1. The largest absolute Gasteiger partial charge is 0.454 e. The molecule has 0 saturated carbocycles. The van der Waals surface area contributed by atoms with Crippen molar-refractivity contribution in [3.8, 4) is 11.5 Å². The van der Waals surface area contributed by atoms with E-state index in [0.29, 0.717) is 12.1 Å². The minimum atomic E-state index is -4.58. The second-order valence-electron chi connectivity index (χ2n) is 4.61. The Kier molecular flexibility index (Phi) is 4.84. The van der Waals surface area contributed by atoms with Crippen LogP contribution >= 0.6 is 23.2 Å². The van der Waals surface area contributed by atoms with Gasteiger partial charge in [-0.15, -0.1) is 0 Å². The van der Waals surface area contributed by atoms with Crippen LogP contribution in [0.15, 0.2) is 41.3 Å². The first-order valence-electron chi connectivity index (χ1n) is 6.02. The molecular formula is C14H9Cl2F3O3S. The highest BCUT2D eigenvalue weighted by Crippen LogP contribution is 2.41. The topological polar surface area (TPSA) is 43.4 Å². The number of alkyl halides is 3. The lowest BCUT2D eigenvalue weighted by Crippen LogP contribution is -2.05. The molecule has 0 radical (unpaired) electrons. The molecule has 0 aromatic heterocycles. The summed E-state index contributed by atoms with van der Waals surface area (Å²) in [6.07, 6.45) is -3.53. The highest BCUT2D eigenvalue weighted by atomic mass is 35.5. The number of hydrogen-bond donors (Lipinski definition) is 0. The van der Waals surface area contributed by atoms with Gasteiger partial charge in [-0.25, -0.2) is 8.42 Å².